The number of aryl methyl sites for hydroxylation is 1. The minimum absolute atomic E-state index is 0.0218. The third-order valence-corrected chi connectivity index (χ3v) is 5.83. The normalized spacial score (nSPS) is 15.1. The van der Waals surface area contributed by atoms with E-state index in [0.717, 1.165) is 37.2 Å². The summed E-state index contributed by atoms with van der Waals surface area (Å²) in [5, 5.41) is 3.07. The van der Waals surface area contributed by atoms with Crippen LogP contribution in [0.5, 0.6) is 5.75 Å². The van der Waals surface area contributed by atoms with E-state index in [1.807, 2.05) is 25.1 Å². The van der Waals surface area contributed by atoms with Gasteiger partial charge in [-0.1, -0.05) is 25.1 Å². The number of ether oxygens (including phenoxy) is 2. The number of rotatable bonds is 8. The van der Waals surface area contributed by atoms with Crippen molar-refractivity contribution in [2.45, 2.75) is 39.2 Å². The van der Waals surface area contributed by atoms with Crippen LogP contribution >= 0.6 is 0 Å². The predicted molar refractivity (Wildman–Crippen MR) is 115 cm³/mol. The molecule has 1 saturated heterocycles. The van der Waals surface area contributed by atoms with E-state index < -0.39 is 5.97 Å². The van der Waals surface area contributed by atoms with Crippen molar-refractivity contribution < 1.29 is 19.1 Å². The third kappa shape index (κ3) is 4.36. The maximum atomic E-state index is 13.0. The molecule has 0 bridgehead atoms. The molecule has 162 valence electrons. The molecule has 1 fully saturated rings. The first-order chi connectivity index (χ1) is 14.5. The van der Waals surface area contributed by atoms with Crippen LogP contribution in [0, 0.1) is 6.92 Å². The molecule has 2 aromatic rings. The maximum Gasteiger partial charge on any atom is 0.339 e. The Hall–Kier alpha value is -2.80. The molecule has 1 unspecified atom stereocenters. The van der Waals surface area contributed by atoms with Gasteiger partial charge in [-0.15, -0.1) is 0 Å². The van der Waals surface area contributed by atoms with Crippen LogP contribution < -0.4 is 10.1 Å². The SMILES string of the molecule is CCc1[nH]c(C(=O)NCC(c2ccccc2OC)N2CCCC2)c(C)c1C(=O)OC. The van der Waals surface area contributed by atoms with Crippen molar-refractivity contribution >= 4 is 11.9 Å². The number of likely N-dealkylation sites (tertiary alicyclic amines) is 1. The van der Waals surface area contributed by atoms with Crippen molar-refractivity contribution in [3.05, 3.63) is 52.3 Å². The Balaban J connectivity index is 1.83. The van der Waals surface area contributed by atoms with Crippen molar-refractivity contribution in [1.82, 2.24) is 15.2 Å². The predicted octanol–water partition coefficient (Wildman–Crippen LogP) is 3.25. The van der Waals surface area contributed by atoms with Crippen molar-refractivity contribution in [1.29, 1.82) is 0 Å². The Morgan fingerprint density at radius 2 is 1.90 bits per heavy atom. The molecule has 1 amide bonds. The molecule has 0 spiro atoms. The number of hydrogen-bond acceptors (Lipinski definition) is 5. The monoisotopic (exact) mass is 413 g/mol. The van der Waals surface area contributed by atoms with Crippen LogP contribution in [0.1, 0.15) is 63.5 Å². The molecule has 7 nitrogen and oxygen atoms in total. The molecule has 2 N–H and O–H groups in total. The van der Waals surface area contributed by atoms with Crippen molar-refractivity contribution in [3.8, 4) is 5.75 Å². The highest BCUT2D eigenvalue weighted by Gasteiger charge is 2.28. The van der Waals surface area contributed by atoms with Gasteiger partial charge in [0, 0.05) is 17.8 Å². The van der Waals surface area contributed by atoms with E-state index in [9.17, 15) is 9.59 Å². The minimum atomic E-state index is -0.427. The van der Waals surface area contributed by atoms with Crippen molar-refractivity contribution in [3.63, 3.8) is 0 Å². The molecule has 1 aromatic carbocycles. The van der Waals surface area contributed by atoms with Gasteiger partial charge < -0.3 is 19.8 Å². The Labute approximate surface area is 177 Å². The molecular weight excluding hydrogens is 382 g/mol. The van der Waals surface area contributed by atoms with Gasteiger partial charge in [0.25, 0.3) is 5.91 Å². The molecule has 1 aliphatic heterocycles. The summed E-state index contributed by atoms with van der Waals surface area (Å²) in [6, 6.07) is 7.97. The Morgan fingerprint density at radius 1 is 1.20 bits per heavy atom. The lowest BCUT2D eigenvalue weighted by molar-refractivity contribution is 0.0599. The number of para-hydroxylation sites is 1. The van der Waals surface area contributed by atoms with Gasteiger partial charge in [0.05, 0.1) is 25.8 Å². The van der Waals surface area contributed by atoms with E-state index in [2.05, 4.69) is 21.3 Å². The molecule has 0 radical (unpaired) electrons. The Bertz CT molecular complexity index is 900. The average Bonchev–Trinajstić information content (AvgIpc) is 3.41. The Kier molecular flexibility index (Phi) is 7.15. The summed E-state index contributed by atoms with van der Waals surface area (Å²) < 4.78 is 10.5. The molecule has 3 rings (SSSR count). The van der Waals surface area contributed by atoms with Gasteiger partial charge in [-0.25, -0.2) is 4.79 Å². The standard InChI is InChI=1S/C23H31N3O4/c1-5-17-20(23(28)30-4)15(2)21(25-17)22(27)24-14-18(26-12-8-9-13-26)16-10-6-7-11-19(16)29-3/h6-7,10-11,18,25H,5,8-9,12-14H2,1-4H3,(H,24,27). The zero-order chi connectivity index (χ0) is 21.7. The summed E-state index contributed by atoms with van der Waals surface area (Å²) >= 11 is 0. The highest BCUT2D eigenvalue weighted by atomic mass is 16.5. The van der Waals surface area contributed by atoms with Gasteiger partial charge in [-0.2, -0.15) is 0 Å². The number of H-pyrrole nitrogens is 1. The van der Waals surface area contributed by atoms with E-state index in [-0.39, 0.29) is 11.9 Å². The lowest BCUT2D eigenvalue weighted by atomic mass is 10.0. The van der Waals surface area contributed by atoms with Gasteiger partial charge in [0.15, 0.2) is 0 Å². The second-order valence-electron chi connectivity index (χ2n) is 7.53. The summed E-state index contributed by atoms with van der Waals surface area (Å²) in [6.45, 7) is 6.14. The quantitative estimate of drug-likeness (QED) is 0.649. The number of nitrogens with one attached hydrogen (secondary N) is 2. The number of benzene rings is 1. The third-order valence-electron chi connectivity index (χ3n) is 5.83. The van der Waals surface area contributed by atoms with Crippen LogP contribution in [0.2, 0.25) is 0 Å². The lowest BCUT2D eigenvalue weighted by Crippen LogP contribution is -2.37. The van der Waals surface area contributed by atoms with Crippen LogP contribution in [0.3, 0.4) is 0 Å². The van der Waals surface area contributed by atoms with E-state index >= 15 is 0 Å². The fraction of sp³-hybridized carbons (Fsp3) is 0.478. The maximum absolute atomic E-state index is 13.0. The second-order valence-corrected chi connectivity index (χ2v) is 7.53. The summed E-state index contributed by atoms with van der Waals surface area (Å²) in [6.07, 6.45) is 2.91. The fourth-order valence-electron chi connectivity index (χ4n) is 4.24. The number of aromatic nitrogens is 1. The minimum Gasteiger partial charge on any atom is -0.496 e. The molecule has 7 heteroatoms. The van der Waals surface area contributed by atoms with Crippen LogP contribution in [-0.2, 0) is 11.2 Å². The second kappa shape index (κ2) is 9.80. The Morgan fingerprint density at radius 3 is 2.53 bits per heavy atom. The van der Waals surface area contributed by atoms with Crippen molar-refractivity contribution in [2.75, 3.05) is 33.9 Å². The first-order valence-corrected chi connectivity index (χ1v) is 10.5. The summed E-state index contributed by atoms with van der Waals surface area (Å²) in [5.74, 6) is 0.168. The molecule has 1 aromatic heterocycles. The number of carbonyl (C=O) groups is 2. The van der Waals surface area contributed by atoms with Crippen LogP contribution in [0.25, 0.3) is 0 Å². The fourth-order valence-corrected chi connectivity index (χ4v) is 4.24. The molecule has 0 aliphatic carbocycles. The van der Waals surface area contributed by atoms with Gasteiger partial charge in [0.1, 0.15) is 11.4 Å². The van der Waals surface area contributed by atoms with Gasteiger partial charge >= 0.3 is 5.97 Å². The molecular formula is C23H31N3O4. The van der Waals surface area contributed by atoms with Gasteiger partial charge in [-0.3, -0.25) is 9.69 Å². The van der Waals surface area contributed by atoms with E-state index in [4.69, 9.17) is 9.47 Å². The summed E-state index contributed by atoms with van der Waals surface area (Å²) in [7, 11) is 3.02. The topological polar surface area (TPSA) is 83.7 Å². The van der Waals surface area contributed by atoms with E-state index in [1.54, 1.807) is 14.0 Å². The number of aromatic amines is 1. The van der Waals surface area contributed by atoms with E-state index in [0.29, 0.717) is 35.5 Å². The van der Waals surface area contributed by atoms with Gasteiger partial charge in [0.2, 0.25) is 0 Å². The molecule has 2 heterocycles. The average molecular weight is 414 g/mol. The van der Waals surface area contributed by atoms with Gasteiger partial charge in [-0.05, 0) is 50.9 Å². The number of amides is 1. The van der Waals surface area contributed by atoms with Crippen molar-refractivity contribution in [2.24, 2.45) is 0 Å². The van der Waals surface area contributed by atoms with E-state index in [1.165, 1.54) is 7.11 Å². The lowest BCUT2D eigenvalue weighted by Gasteiger charge is -2.29. The zero-order valence-electron chi connectivity index (χ0n) is 18.2. The smallest absolute Gasteiger partial charge is 0.339 e. The summed E-state index contributed by atoms with van der Waals surface area (Å²) in [4.78, 5) is 30.7. The number of esters is 1. The number of methoxy groups -OCH3 is 2. The van der Waals surface area contributed by atoms with Crippen LogP contribution in [0.4, 0.5) is 0 Å². The summed E-state index contributed by atoms with van der Waals surface area (Å²) in [5.41, 5.74) is 3.25. The van der Waals surface area contributed by atoms with Crippen LogP contribution in [0.15, 0.2) is 24.3 Å². The largest absolute Gasteiger partial charge is 0.496 e. The number of hydrogen-bond donors (Lipinski definition) is 2. The molecule has 30 heavy (non-hydrogen) atoms. The molecule has 0 saturated carbocycles. The molecule has 1 aliphatic rings. The zero-order valence-corrected chi connectivity index (χ0v) is 18.2. The molecule has 1 atom stereocenters. The first-order valence-electron chi connectivity index (χ1n) is 10.5. The highest BCUT2D eigenvalue weighted by molar-refractivity contribution is 6.00. The number of nitrogens with zero attached hydrogens (tertiary/aromatic N) is 1. The van der Waals surface area contributed by atoms with Crippen LogP contribution in [-0.4, -0.2) is 55.6 Å². The first kappa shape index (κ1) is 21.9. The highest BCUT2D eigenvalue weighted by Crippen LogP contribution is 2.31. The number of carbonyl (C=O) groups excluding carboxylic acids is 2.